The highest BCUT2D eigenvalue weighted by molar-refractivity contribution is 6.07. The monoisotopic (exact) mass is 367 g/mol. The predicted molar refractivity (Wildman–Crippen MR) is 112 cm³/mol. The molecule has 0 saturated carbocycles. The van der Waals surface area contributed by atoms with Crippen LogP contribution in [0.5, 0.6) is 0 Å². The van der Waals surface area contributed by atoms with Gasteiger partial charge in [-0.1, -0.05) is 91.9 Å². The molecule has 1 atom stereocenters. The van der Waals surface area contributed by atoms with Crippen LogP contribution < -0.4 is 0 Å². The second-order valence-electron chi connectivity index (χ2n) is 6.76. The Hall–Kier alpha value is -3.46. The number of fused-ring (bicyclic) bond motifs is 1. The Bertz CT molecular complexity index is 1120. The maximum Gasteiger partial charge on any atom is 0.357 e. The maximum atomic E-state index is 12.7. The highest BCUT2D eigenvalue weighted by Gasteiger charge is 2.23. The number of hydrogen-bond acceptors (Lipinski definition) is 3. The molecule has 0 bridgehead atoms. The lowest BCUT2D eigenvalue weighted by Crippen LogP contribution is -2.11. The Balaban J connectivity index is 2.05. The van der Waals surface area contributed by atoms with Crippen LogP contribution in [0.4, 0.5) is 0 Å². The molecule has 0 radical (unpaired) electrons. The number of benzene rings is 3. The molecule has 0 aliphatic rings. The Labute approximate surface area is 164 Å². The van der Waals surface area contributed by atoms with Crippen LogP contribution >= 0.6 is 0 Å². The van der Waals surface area contributed by atoms with Gasteiger partial charge in [0.25, 0.3) is 0 Å². The van der Waals surface area contributed by atoms with E-state index in [1.165, 1.54) is 7.11 Å². The van der Waals surface area contributed by atoms with Crippen molar-refractivity contribution in [3.8, 4) is 11.1 Å². The van der Waals surface area contributed by atoms with Gasteiger partial charge < -0.3 is 4.74 Å². The normalized spacial score (nSPS) is 11.9. The summed E-state index contributed by atoms with van der Waals surface area (Å²) in [5.41, 5.74) is 4.15. The van der Waals surface area contributed by atoms with E-state index in [9.17, 15) is 4.79 Å². The fraction of sp³-hybridized carbons (Fsp3) is 0.120. The fourth-order valence-corrected chi connectivity index (χ4v) is 3.66. The standard InChI is InChI=1S/C25H21NO2/c1-17(18-11-5-3-6-12-18)23-21-16-10-9-15-20(21)22(19-13-7-4-8-14-19)24(26-23)25(27)28-2/h3-17H,1-2H3/t17-/m0/s1. The summed E-state index contributed by atoms with van der Waals surface area (Å²) in [5, 5.41) is 2.05. The van der Waals surface area contributed by atoms with Gasteiger partial charge in [-0.2, -0.15) is 0 Å². The molecule has 0 fully saturated rings. The van der Waals surface area contributed by atoms with E-state index in [1.807, 2.05) is 66.7 Å². The molecular formula is C25H21NO2. The first-order chi connectivity index (χ1) is 13.7. The molecule has 1 aromatic heterocycles. The van der Waals surface area contributed by atoms with Crippen molar-refractivity contribution in [2.45, 2.75) is 12.8 Å². The number of ether oxygens (including phenoxy) is 1. The van der Waals surface area contributed by atoms with Gasteiger partial charge in [0.15, 0.2) is 5.69 Å². The van der Waals surface area contributed by atoms with Crippen molar-refractivity contribution in [1.82, 2.24) is 4.98 Å². The summed E-state index contributed by atoms with van der Waals surface area (Å²) in [5.74, 6) is -0.384. The molecule has 0 aliphatic heterocycles. The molecule has 3 aromatic carbocycles. The average Bonchev–Trinajstić information content (AvgIpc) is 2.78. The Morgan fingerprint density at radius 3 is 2.04 bits per heavy atom. The molecule has 0 amide bonds. The van der Waals surface area contributed by atoms with E-state index in [2.05, 4.69) is 25.1 Å². The van der Waals surface area contributed by atoms with Gasteiger partial charge in [0.2, 0.25) is 0 Å². The first-order valence-corrected chi connectivity index (χ1v) is 9.32. The summed E-state index contributed by atoms with van der Waals surface area (Å²) in [6.07, 6.45) is 0. The molecule has 0 spiro atoms. The van der Waals surface area contributed by atoms with Crippen molar-refractivity contribution in [1.29, 1.82) is 0 Å². The average molecular weight is 367 g/mol. The highest BCUT2D eigenvalue weighted by Crippen LogP contribution is 2.37. The Morgan fingerprint density at radius 1 is 0.821 bits per heavy atom. The van der Waals surface area contributed by atoms with E-state index in [0.717, 1.165) is 33.2 Å². The minimum Gasteiger partial charge on any atom is -0.464 e. The van der Waals surface area contributed by atoms with Crippen molar-refractivity contribution in [2.24, 2.45) is 0 Å². The van der Waals surface area contributed by atoms with Gasteiger partial charge in [-0.15, -0.1) is 0 Å². The summed E-state index contributed by atoms with van der Waals surface area (Å²) in [6, 6.07) is 28.2. The fourth-order valence-electron chi connectivity index (χ4n) is 3.66. The van der Waals surface area contributed by atoms with E-state index in [0.29, 0.717) is 5.69 Å². The van der Waals surface area contributed by atoms with E-state index in [4.69, 9.17) is 9.72 Å². The van der Waals surface area contributed by atoms with Crippen molar-refractivity contribution < 1.29 is 9.53 Å². The maximum absolute atomic E-state index is 12.7. The van der Waals surface area contributed by atoms with Crippen LogP contribution in [0.25, 0.3) is 21.9 Å². The lowest BCUT2D eigenvalue weighted by Gasteiger charge is -2.19. The van der Waals surface area contributed by atoms with Crippen molar-refractivity contribution >= 4 is 16.7 Å². The second-order valence-corrected chi connectivity index (χ2v) is 6.76. The molecule has 3 heteroatoms. The van der Waals surface area contributed by atoms with Gasteiger partial charge in [0.1, 0.15) is 0 Å². The minimum absolute atomic E-state index is 0.0410. The Morgan fingerprint density at radius 2 is 1.39 bits per heavy atom. The third-order valence-corrected chi connectivity index (χ3v) is 5.09. The van der Waals surface area contributed by atoms with Crippen molar-refractivity contribution in [2.75, 3.05) is 7.11 Å². The zero-order chi connectivity index (χ0) is 19.5. The number of carbonyl (C=O) groups excluding carboxylic acids is 1. The van der Waals surface area contributed by atoms with Gasteiger partial charge in [-0.25, -0.2) is 9.78 Å². The Kier molecular flexibility index (Phi) is 4.90. The van der Waals surface area contributed by atoms with E-state index >= 15 is 0 Å². The number of nitrogens with zero attached hydrogens (tertiary/aromatic N) is 1. The molecule has 28 heavy (non-hydrogen) atoms. The van der Waals surface area contributed by atoms with Crippen molar-refractivity contribution in [3.05, 3.63) is 102 Å². The first kappa shape index (κ1) is 17.9. The van der Waals surface area contributed by atoms with Crippen molar-refractivity contribution in [3.63, 3.8) is 0 Å². The van der Waals surface area contributed by atoms with Crippen LogP contribution in [0.3, 0.4) is 0 Å². The molecule has 0 N–H and O–H groups in total. The number of aromatic nitrogens is 1. The van der Waals surface area contributed by atoms with Crippen LogP contribution in [0, 0.1) is 0 Å². The predicted octanol–water partition coefficient (Wildman–Crippen LogP) is 5.84. The van der Waals surface area contributed by atoms with Crippen LogP contribution in [-0.2, 0) is 4.74 Å². The summed E-state index contributed by atoms with van der Waals surface area (Å²) in [4.78, 5) is 17.5. The molecule has 0 unspecified atom stereocenters. The number of methoxy groups -OCH3 is 1. The number of esters is 1. The summed E-state index contributed by atoms with van der Waals surface area (Å²) in [7, 11) is 1.40. The minimum atomic E-state index is -0.425. The van der Waals surface area contributed by atoms with Crippen LogP contribution in [0.2, 0.25) is 0 Å². The molecule has 4 rings (SSSR count). The zero-order valence-corrected chi connectivity index (χ0v) is 15.9. The molecule has 4 aromatic rings. The highest BCUT2D eigenvalue weighted by atomic mass is 16.5. The van der Waals surface area contributed by atoms with Crippen LogP contribution in [0.15, 0.2) is 84.9 Å². The molecule has 138 valence electrons. The first-order valence-electron chi connectivity index (χ1n) is 9.32. The number of hydrogen-bond donors (Lipinski definition) is 0. The second kappa shape index (κ2) is 7.65. The molecule has 3 nitrogen and oxygen atoms in total. The van der Waals surface area contributed by atoms with Crippen LogP contribution in [0.1, 0.15) is 34.6 Å². The summed E-state index contributed by atoms with van der Waals surface area (Å²) < 4.78 is 5.09. The van der Waals surface area contributed by atoms with E-state index in [1.54, 1.807) is 0 Å². The van der Waals surface area contributed by atoms with Gasteiger partial charge >= 0.3 is 5.97 Å². The smallest absolute Gasteiger partial charge is 0.357 e. The lowest BCUT2D eigenvalue weighted by molar-refractivity contribution is 0.0595. The molecule has 1 heterocycles. The largest absolute Gasteiger partial charge is 0.464 e. The molecular weight excluding hydrogens is 346 g/mol. The number of carbonyl (C=O) groups is 1. The number of pyridine rings is 1. The van der Waals surface area contributed by atoms with Gasteiger partial charge in [-0.05, 0) is 16.5 Å². The van der Waals surface area contributed by atoms with E-state index in [-0.39, 0.29) is 5.92 Å². The van der Waals surface area contributed by atoms with E-state index < -0.39 is 5.97 Å². The summed E-state index contributed by atoms with van der Waals surface area (Å²) in [6.45, 7) is 2.12. The third kappa shape index (κ3) is 3.16. The quantitative estimate of drug-likeness (QED) is 0.425. The van der Waals surface area contributed by atoms with Gasteiger partial charge in [-0.3, -0.25) is 0 Å². The van der Waals surface area contributed by atoms with Crippen LogP contribution in [-0.4, -0.2) is 18.1 Å². The molecule has 0 aliphatic carbocycles. The molecule has 0 saturated heterocycles. The summed E-state index contributed by atoms with van der Waals surface area (Å²) >= 11 is 0. The van der Waals surface area contributed by atoms with Gasteiger partial charge in [0.05, 0.1) is 12.8 Å². The van der Waals surface area contributed by atoms with Gasteiger partial charge in [0, 0.05) is 16.9 Å². The third-order valence-electron chi connectivity index (χ3n) is 5.09. The lowest BCUT2D eigenvalue weighted by atomic mass is 9.90. The SMILES string of the molecule is COC(=O)c1nc([C@@H](C)c2ccccc2)c2ccccc2c1-c1ccccc1. The number of rotatable bonds is 4. The zero-order valence-electron chi connectivity index (χ0n) is 15.9. The topological polar surface area (TPSA) is 39.2 Å².